The molecule has 2 aromatic carbocycles. The highest BCUT2D eigenvalue weighted by molar-refractivity contribution is 5.81. The number of ether oxygens (including phenoxy) is 2. The lowest BCUT2D eigenvalue weighted by atomic mass is 10.1. The molecule has 1 amide bonds. The van der Waals surface area contributed by atoms with Gasteiger partial charge in [0.25, 0.3) is 5.91 Å². The van der Waals surface area contributed by atoms with Crippen LogP contribution in [0.25, 0.3) is 11.0 Å². The minimum atomic E-state index is -0.411. The normalized spacial score (nSPS) is 10.6. The van der Waals surface area contributed by atoms with E-state index in [1.54, 1.807) is 19.2 Å². The summed E-state index contributed by atoms with van der Waals surface area (Å²) in [6, 6.07) is 14.3. The molecule has 3 rings (SSSR count). The second-order valence-electron chi connectivity index (χ2n) is 6.11. The van der Waals surface area contributed by atoms with E-state index in [4.69, 9.17) is 13.9 Å². The van der Waals surface area contributed by atoms with Crippen LogP contribution in [0.5, 0.6) is 11.5 Å². The molecule has 27 heavy (non-hydrogen) atoms. The zero-order chi connectivity index (χ0) is 19.2. The van der Waals surface area contributed by atoms with E-state index in [-0.39, 0.29) is 12.5 Å². The smallest absolute Gasteiger partial charge is 0.336 e. The van der Waals surface area contributed by atoms with Crippen molar-refractivity contribution >= 4 is 16.9 Å². The maximum atomic E-state index is 12.0. The van der Waals surface area contributed by atoms with Crippen molar-refractivity contribution < 1.29 is 18.7 Å². The van der Waals surface area contributed by atoms with E-state index in [0.717, 1.165) is 22.3 Å². The van der Waals surface area contributed by atoms with Gasteiger partial charge in [0.05, 0.1) is 7.11 Å². The third-order valence-corrected chi connectivity index (χ3v) is 4.20. The summed E-state index contributed by atoms with van der Waals surface area (Å²) in [5.74, 6) is 1.04. The van der Waals surface area contributed by atoms with Gasteiger partial charge < -0.3 is 19.2 Å². The molecule has 1 N–H and O–H groups in total. The van der Waals surface area contributed by atoms with E-state index in [1.165, 1.54) is 6.07 Å². The van der Waals surface area contributed by atoms with E-state index in [1.807, 2.05) is 37.3 Å². The van der Waals surface area contributed by atoms with Gasteiger partial charge >= 0.3 is 5.63 Å². The van der Waals surface area contributed by atoms with Crippen molar-refractivity contribution in [2.24, 2.45) is 0 Å². The van der Waals surface area contributed by atoms with Crippen molar-refractivity contribution in [1.82, 2.24) is 5.32 Å². The lowest BCUT2D eigenvalue weighted by Gasteiger charge is -2.10. The van der Waals surface area contributed by atoms with Gasteiger partial charge in [0.1, 0.15) is 17.1 Å². The molecule has 0 unspecified atom stereocenters. The lowest BCUT2D eigenvalue weighted by Crippen LogP contribution is -2.30. The first-order valence-corrected chi connectivity index (χ1v) is 8.63. The molecule has 0 radical (unpaired) electrons. The van der Waals surface area contributed by atoms with Crippen LogP contribution in [0, 0.1) is 6.92 Å². The summed E-state index contributed by atoms with van der Waals surface area (Å²) < 4.78 is 16.0. The highest BCUT2D eigenvalue weighted by atomic mass is 16.5. The van der Waals surface area contributed by atoms with Gasteiger partial charge in [0, 0.05) is 24.1 Å². The summed E-state index contributed by atoms with van der Waals surface area (Å²) in [5.41, 5.74) is 1.89. The van der Waals surface area contributed by atoms with Crippen LogP contribution in [0.2, 0.25) is 0 Å². The van der Waals surface area contributed by atoms with Crippen molar-refractivity contribution in [2.75, 3.05) is 20.3 Å². The maximum Gasteiger partial charge on any atom is 0.336 e. The van der Waals surface area contributed by atoms with Gasteiger partial charge in [-0.25, -0.2) is 4.79 Å². The third-order valence-electron chi connectivity index (χ3n) is 4.20. The molecular formula is C21H21NO5. The van der Waals surface area contributed by atoms with E-state index in [9.17, 15) is 9.59 Å². The third kappa shape index (κ3) is 4.67. The summed E-state index contributed by atoms with van der Waals surface area (Å²) in [5, 5.41) is 3.65. The number of benzene rings is 2. The van der Waals surface area contributed by atoms with Crippen molar-refractivity contribution in [3.05, 3.63) is 70.1 Å². The second-order valence-corrected chi connectivity index (χ2v) is 6.11. The predicted octanol–water partition coefficient (Wildman–Crippen LogP) is 2.85. The van der Waals surface area contributed by atoms with Gasteiger partial charge in [-0.3, -0.25) is 4.79 Å². The number of carbonyl (C=O) groups excluding carboxylic acids is 1. The molecule has 0 atom stereocenters. The van der Waals surface area contributed by atoms with Crippen molar-refractivity contribution in [1.29, 1.82) is 0 Å². The first kappa shape index (κ1) is 18.5. The molecule has 0 saturated carbocycles. The summed E-state index contributed by atoms with van der Waals surface area (Å²) in [7, 11) is 1.62. The lowest BCUT2D eigenvalue weighted by molar-refractivity contribution is -0.123. The molecule has 0 aliphatic rings. The second kappa shape index (κ2) is 8.40. The van der Waals surface area contributed by atoms with E-state index < -0.39 is 5.63 Å². The van der Waals surface area contributed by atoms with Gasteiger partial charge in [0.2, 0.25) is 0 Å². The number of fused-ring (bicyclic) bond motifs is 1. The Kier molecular flexibility index (Phi) is 5.76. The van der Waals surface area contributed by atoms with Gasteiger partial charge in [0.15, 0.2) is 6.61 Å². The Morgan fingerprint density at radius 2 is 1.96 bits per heavy atom. The fraction of sp³-hybridized carbons (Fsp3) is 0.238. The standard InChI is InChI=1S/C21H21NO5/c1-14-11-21(24)27-19-12-16(7-8-17(14)19)26-13-20(23)22-10-9-15-5-3-4-6-18(15)25-2/h3-8,11-12H,9-10,13H2,1-2H3,(H,22,23). The summed E-state index contributed by atoms with van der Waals surface area (Å²) in [6.07, 6.45) is 0.663. The molecule has 1 heterocycles. The number of hydrogen-bond donors (Lipinski definition) is 1. The first-order valence-electron chi connectivity index (χ1n) is 8.63. The Bertz CT molecular complexity index is 1010. The van der Waals surface area contributed by atoms with Gasteiger partial charge in [-0.15, -0.1) is 0 Å². The molecule has 0 fully saturated rings. The Morgan fingerprint density at radius 1 is 1.15 bits per heavy atom. The molecule has 3 aromatic rings. The predicted molar refractivity (Wildman–Crippen MR) is 102 cm³/mol. The maximum absolute atomic E-state index is 12.0. The minimum absolute atomic E-state index is 0.118. The van der Waals surface area contributed by atoms with Crippen LogP contribution < -0.4 is 20.4 Å². The Balaban J connectivity index is 1.53. The van der Waals surface area contributed by atoms with Crippen molar-refractivity contribution in [3.8, 4) is 11.5 Å². The van der Waals surface area contributed by atoms with Crippen LogP contribution in [0.15, 0.2) is 57.7 Å². The largest absolute Gasteiger partial charge is 0.496 e. The molecule has 1 aromatic heterocycles. The average molecular weight is 367 g/mol. The highest BCUT2D eigenvalue weighted by Gasteiger charge is 2.07. The fourth-order valence-electron chi connectivity index (χ4n) is 2.84. The minimum Gasteiger partial charge on any atom is -0.496 e. The Morgan fingerprint density at radius 3 is 2.78 bits per heavy atom. The molecule has 0 bridgehead atoms. The topological polar surface area (TPSA) is 77.8 Å². The average Bonchev–Trinajstić information content (AvgIpc) is 2.66. The summed E-state index contributed by atoms with van der Waals surface area (Å²) in [4.78, 5) is 23.5. The molecular weight excluding hydrogens is 346 g/mol. The SMILES string of the molecule is COc1ccccc1CCNC(=O)COc1ccc2c(C)cc(=O)oc2c1. The number of amides is 1. The van der Waals surface area contributed by atoms with Crippen LogP contribution in [0.4, 0.5) is 0 Å². The highest BCUT2D eigenvalue weighted by Crippen LogP contribution is 2.22. The van der Waals surface area contributed by atoms with E-state index >= 15 is 0 Å². The zero-order valence-electron chi connectivity index (χ0n) is 15.3. The van der Waals surface area contributed by atoms with Crippen LogP contribution in [0.3, 0.4) is 0 Å². The number of aryl methyl sites for hydroxylation is 1. The quantitative estimate of drug-likeness (QED) is 0.650. The van der Waals surface area contributed by atoms with Crippen LogP contribution in [-0.2, 0) is 11.2 Å². The molecule has 0 saturated heterocycles. The number of methoxy groups -OCH3 is 1. The molecule has 140 valence electrons. The van der Waals surface area contributed by atoms with Gasteiger partial charge in [-0.2, -0.15) is 0 Å². The number of rotatable bonds is 7. The van der Waals surface area contributed by atoms with Gasteiger partial charge in [-0.05, 0) is 42.7 Å². The van der Waals surface area contributed by atoms with Crippen molar-refractivity contribution in [2.45, 2.75) is 13.3 Å². The molecule has 6 heteroatoms. The van der Waals surface area contributed by atoms with Gasteiger partial charge in [-0.1, -0.05) is 18.2 Å². The summed E-state index contributed by atoms with van der Waals surface area (Å²) >= 11 is 0. The zero-order valence-corrected chi connectivity index (χ0v) is 15.3. The fourth-order valence-corrected chi connectivity index (χ4v) is 2.84. The van der Waals surface area contributed by atoms with Crippen LogP contribution in [0.1, 0.15) is 11.1 Å². The van der Waals surface area contributed by atoms with Crippen molar-refractivity contribution in [3.63, 3.8) is 0 Å². The number of carbonyl (C=O) groups is 1. The van der Waals surface area contributed by atoms with E-state index in [0.29, 0.717) is 24.3 Å². The van der Waals surface area contributed by atoms with Crippen LogP contribution in [-0.4, -0.2) is 26.2 Å². The first-order chi connectivity index (χ1) is 13.1. The van der Waals surface area contributed by atoms with Crippen LogP contribution >= 0.6 is 0 Å². The molecule has 6 nitrogen and oxygen atoms in total. The van der Waals surface area contributed by atoms with E-state index in [2.05, 4.69) is 5.32 Å². The number of hydrogen-bond acceptors (Lipinski definition) is 5. The molecule has 0 spiro atoms. The number of nitrogens with one attached hydrogen (secondary N) is 1. The molecule has 0 aliphatic heterocycles. The summed E-state index contributed by atoms with van der Waals surface area (Å²) in [6.45, 7) is 2.21. The molecule has 0 aliphatic carbocycles. The Hall–Kier alpha value is -3.28. The Labute approximate surface area is 156 Å². The number of para-hydroxylation sites is 1. The monoisotopic (exact) mass is 367 g/mol.